The van der Waals surface area contributed by atoms with E-state index in [1.807, 2.05) is 30.3 Å². The van der Waals surface area contributed by atoms with Crippen molar-refractivity contribution in [2.45, 2.75) is 25.0 Å². The molecule has 2 atom stereocenters. The third-order valence-electron chi connectivity index (χ3n) is 4.60. The molecule has 0 spiro atoms. The predicted molar refractivity (Wildman–Crippen MR) is 83.4 cm³/mol. The van der Waals surface area contributed by atoms with Gasteiger partial charge in [-0.1, -0.05) is 30.3 Å². The molecule has 3 aliphatic heterocycles. The third-order valence-corrected chi connectivity index (χ3v) is 4.60. The summed E-state index contributed by atoms with van der Waals surface area (Å²) in [7, 11) is 0. The highest BCUT2D eigenvalue weighted by atomic mass is 16.5. The summed E-state index contributed by atoms with van der Waals surface area (Å²) in [6, 6.07) is 8.95. The highest BCUT2D eigenvalue weighted by molar-refractivity contribution is 6.01. The second-order valence-corrected chi connectivity index (χ2v) is 6.16. The van der Waals surface area contributed by atoms with E-state index in [4.69, 9.17) is 4.74 Å². The van der Waals surface area contributed by atoms with Crippen LogP contribution in [0.1, 0.15) is 24.4 Å². The molecule has 0 radical (unpaired) electrons. The van der Waals surface area contributed by atoms with Crippen LogP contribution in [0.4, 0.5) is 4.79 Å². The van der Waals surface area contributed by atoms with Gasteiger partial charge in [0.25, 0.3) is 5.91 Å². The van der Waals surface area contributed by atoms with Gasteiger partial charge in [-0.3, -0.25) is 4.79 Å². The van der Waals surface area contributed by atoms with E-state index in [1.165, 1.54) is 0 Å². The molecule has 0 unspecified atom stereocenters. The summed E-state index contributed by atoms with van der Waals surface area (Å²) in [6.07, 6.45) is 2.14. The van der Waals surface area contributed by atoms with Crippen LogP contribution in [0.25, 0.3) is 0 Å². The van der Waals surface area contributed by atoms with Crippen molar-refractivity contribution in [1.82, 2.24) is 15.5 Å². The van der Waals surface area contributed by atoms with E-state index in [0.717, 1.165) is 25.0 Å². The van der Waals surface area contributed by atoms with Crippen LogP contribution in [-0.4, -0.2) is 42.6 Å². The molecule has 120 valence electrons. The van der Waals surface area contributed by atoms with E-state index in [0.29, 0.717) is 24.4 Å². The van der Waals surface area contributed by atoms with Crippen LogP contribution in [0, 0.1) is 0 Å². The number of hydrogen-bond donors (Lipinski definition) is 2. The fraction of sp³-hybridized carbons (Fsp3) is 0.412. The summed E-state index contributed by atoms with van der Waals surface area (Å²) < 4.78 is 5.63. The zero-order valence-electron chi connectivity index (χ0n) is 12.7. The van der Waals surface area contributed by atoms with E-state index < -0.39 is 0 Å². The summed E-state index contributed by atoms with van der Waals surface area (Å²) in [4.78, 5) is 26.6. The molecule has 1 saturated heterocycles. The number of carbonyl (C=O) groups excluding carboxylic acids is 2. The number of hydrogen-bond acceptors (Lipinski definition) is 3. The Labute approximate surface area is 134 Å². The maximum atomic E-state index is 12.8. The van der Waals surface area contributed by atoms with Gasteiger partial charge in [0, 0.05) is 13.2 Å². The first-order chi connectivity index (χ1) is 11.2. The molecular formula is C17H19N3O3. The lowest BCUT2D eigenvalue weighted by Crippen LogP contribution is -2.44. The Morgan fingerprint density at radius 3 is 2.78 bits per heavy atom. The summed E-state index contributed by atoms with van der Waals surface area (Å²) in [6.45, 7) is 1.80. The second-order valence-electron chi connectivity index (χ2n) is 6.16. The Morgan fingerprint density at radius 1 is 1.22 bits per heavy atom. The monoisotopic (exact) mass is 313 g/mol. The van der Waals surface area contributed by atoms with Crippen molar-refractivity contribution in [1.29, 1.82) is 0 Å². The molecule has 3 amide bonds. The second kappa shape index (κ2) is 5.70. The smallest absolute Gasteiger partial charge is 0.319 e. The summed E-state index contributed by atoms with van der Waals surface area (Å²) in [5.74, 6) is -0.0168. The van der Waals surface area contributed by atoms with Gasteiger partial charge in [-0.15, -0.1) is 0 Å². The zero-order chi connectivity index (χ0) is 15.8. The minimum atomic E-state index is -0.387. The minimum Gasteiger partial charge on any atom is -0.376 e. The van der Waals surface area contributed by atoms with Crippen LogP contribution < -0.4 is 10.6 Å². The van der Waals surface area contributed by atoms with Gasteiger partial charge < -0.3 is 20.3 Å². The van der Waals surface area contributed by atoms with Crippen molar-refractivity contribution in [3.63, 3.8) is 0 Å². The summed E-state index contributed by atoms with van der Waals surface area (Å²) >= 11 is 0. The van der Waals surface area contributed by atoms with Crippen molar-refractivity contribution in [3.05, 3.63) is 47.2 Å². The number of ether oxygens (including phenoxy) is 1. The van der Waals surface area contributed by atoms with Crippen molar-refractivity contribution < 1.29 is 14.3 Å². The lowest BCUT2D eigenvalue weighted by atomic mass is 9.96. The maximum absolute atomic E-state index is 12.8. The number of urea groups is 1. The van der Waals surface area contributed by atoms with E-state index >= 15 is 0 Å². The standard InChI is InChI=1S/C17H19N3O3/c21-16-14-13(10-20(16)9-12-7-4-8-23-12)18-17(22)19-15(14)11-5-2-1-3-6-11/h1-3,5-6,12,15H,4,7-10H2,(H2,18,19,22)/t12-,15+/m0/s1. The Kier molecular flexibility index (Phi) is 3.53. The molecule has 6 heteroatoms. The third kappa shape index (κ3) is 2.59. The first-order valence-electron chi connectivity index (χ1n) is 7.99. The molecule has 0 saturated carbocycles. The molecule has 23 heavy (non-hydrogen) atoms. The Balaban J connectivity index is 1.59. The van der Waals surface area contributed by atoms with Crippen molar-refractivity contribution >= 4 is 11.9 Å². The fourth-order valence-electron chi connectivity index (χ4n) is 3.51. The van der Waals surface area contributed by atoms with E-state index in [-0.39, 0.29) is 24.1 Å². The van der Waals surface area contributed by atoms with Crippen LogP contribution >= 0.6 is 0 Å². The summed E-state index contributed by atoms with van der Waals surface area (Å²) in [5.41, 5.74) is 2.28. The van der Waals surface area contributed by atoms with E-state index in [1.54, 1.807) is 4.90 Å². The molecule has 4 rings (SSSR count). The summed E-state index contributed by atoms with van der Waals surface area (Å²) in [5, 5.41) is 5.65. The lowest BCUT2D eigenvalue weighted by Gasteiger charge is -2.25. The van der Waals surface area contributed by atoms with E-state index in [9.17, 15) is 9.59 Å². The molecule has 1 fully saturated rings. The van der Waals surface area contributed by atoms with Gasteiger partial charge in [-0.2, -0.15) is 0 Å². The molecule has 0 aromatic heterocycles. The van der Waals surface area contributed by atoms with Gasteiger partial charge in [-0.05, 0) is 18.4 Å². The van der Waals surface area contributed by atoms with Crippen molar-refractivity contribution in [2.24, 2.45) is 0 Å². The molecule has 3 heterocycles. The van der Waals surface area contributed by atoms with Gasteiger partial charge >= 0.3 is 6.03 Å². The molecule has 6 nitrogen and oxygen atoms in total. The minimum absolute atomic E-state index is 0.0168. The van der Waals surface area contributed by atoms with Crippen LogP contribution in [0.15, 0.2) is 41.6 Å². The molecule has 0 bridgehead atoms. The highest BCUT2D eigenvalue weighted by Crippen LogP contribution is 2.32. The van der Waals surface area contributed by atoms with Crippen LogP contribution in [0.2, 0.25) is 0 Å². The highest BCUT2D eigenvalue weighted by Gasteiger charge is 2.41. The SMILES string of the molecule is O=C1NC2=C(C(=O)N(C[C@@H]3CCCO3)C2)[C@@H](c2ccccc2)N1. The van der Waals surface area contributed by atoms with Crippen LogP contribution in [-0.2, 0) is 9.53 Å². The topological polar surface area (TPSA) is 70.7 Å². The van der Waals surface area contributed by atoms with Crippen molar-refractivity contribution in [3.8, 4) is 0 Å². The average molecular weight is 313 g/mol. The largest absolute Gasteiger partial charge is 0.376 e. The number of benzene rings is 1. The molecule has 1 aromatic rings. The predicted octanol–water partition coefficient (Wildman–Crippen LogP) is 1.32. The molecule has 3 aliphatic rings. The van der Waals surface area contributed by atoms with Gasteiger partial charge in [-0.25, -0.2) is 4.79 Å². The van der Waals surface area contributed by atoms with Gasteiger partial charge in [0.15, 0.2) is 0 Å². The van der Waals surface area contributed by atoms with Crippen LogP contribution in [0.3, 0.4) is 0 Å². The lowest BCUT2D eigenvalue weighted by molar-refractivity contribution is -0.127. The molecular weight excluding hydrogens is 294 g/mol. The fourth-order valence-corrected chi connectivity index (χ4v) is 3.51. The Morgan fingerprint density at radius 2 is 2.04 bits per heavy atom. The first-order valence-corrected chi connectivity index (χ1v) is 7.99. The number of nitrogens with zero attached hydrogens (tertiary/aromatic N) is 1. The number of nitrogens with one attached hydrogen (secondary N) is 2. The van der Waals surface area contributed by atoms with Gasteiger partial charge in [0.05, 0.1) is 30.0 Å². The van der Waals surface area contributed by atoms with E-state index in [2.05, 4.69) is 10.6 Å². The molecule has 0 aliphatic carbocycles. The van der Waals surface area contributed by atoms with Gasteiger partial charge in [0.2, 0.25) is 0 Å². The number of amides is 3. The average Bonchev–Trinajstić information content (AvgIpc) is 3.17. The molecule has 2 N–H and O–H groups in total. The molecule has 1 aromatic carbocycles. The van der Waals surface area contributed by atoms with Crippen LogP contribution in [0.5, 0.6) is 0 Å². The Hall–Kier alpha value is -2.34. The van der Waals surface area contributed by atoms with Crippen molar-refractivity contribution in [2.75, 3.05) is 19.7 Å². The maximum Gasteiger partial charge on any atom is 0.319 e. The number of carbonyl (C=O) groups is 2. The van der Waals surface area contributed by atoms with Gasteiger partial charge in [0.1, 0.15) is 0 Å². The quantitative estimate of drug-likeness (QED) is 0.884. The Bertz CT molecular complexity index is 665. The number of rotatable bonds is 3. The normalized spacial score (nSPS) is 27.0. The zero-order valence-corrected chi connectivity index (χ0v) is 12.7. The first kappa shape index (κ1) is 14.3.